The van der Waals surface area contributed by atoms with Gasteiger partial charge in [-0.3, -0.25) is 14.4 Å². The van der Waals surface area contributed by atoms with E-state index in [0.29, 0.717) is 18.7 Å². The van der Waals surface area contributed by atoms with Gasteiger partial charge in [0.1, 0.15) is 18.1 Å². The van der Waals surface area contributed by atoms with Crippen molar-refractivity contribution in [3.05, 3.63) is 18.2 Å². The number of aromatic amines is 1. The predicted octanol–water partition coefficient (Wildman–Crippen LogP) is -1.72. The van der Waals surface area contributed by atoms with Gasteiger partial charge in [-0.25, -0.2) is 9.78 Å². The lowest BCUT2D eigenvalue weighted by Crippen LogP contribution is -2.60. The molecule has 0 bridgehead atoms. The van der Waals surface area contributed by atoms with E-state index in [1.165, 1.54) is 19.4 Å². The summed E-state index contributed by atoms with van der Waals surface area (Å²) >= 11 is 0. The third-order valence-electron chi connectivity index (χ3n) is 5.28. The second-order valence-electron chi connectivity index (χ2n) is 8.29. The molecule has 12 heteroatoms. The Balaban J connectivity index is 2.13. The van der Waals surface area contributed by atoms with Gasteiger partial charge in [-0.1, -0.05) is 13.8 Å². The maximum atomic E-state index is 13.0. The van der Waals surface area contributed by atoms with Crippen LogP contribution in [0.25, 0.3) is 0 Å². The molecule has 0 radical (unpaired) electrons. The minimum atomic E-state index is -1.41. The number of rotatable bonds is 11. The first kappa shape index (κ1) is 25.3. The fraction of sp³-hybridized carbons (Fsp3) is 0.650. The average molecular weight is 453 g/mol. The van der Waals surface area contributed by atoms with Gasteiger partial charge in [0, 0.05) is 18.3 Å². The molecule has 1 aromatic rings. The molecule has 1 saturated heterocycles. The molecule has 1 aromatic heterocycles. The lowest BCUT2D eigenvalue weighted by Gasteiger charge is -2.27. The lowest BCUT2D eigenvalue weighted by atomic mass is 10.0. The summed E-state index contributed by atoms with van der Waals surface area (Å²) in [5.41, 5.74) is 0.591. The topological polar surface area (TPSA) is 186 Å². The molecule has 178 valence electrons. The van der Waals surface area contributed by atoms with Gasteiger partial charge >= 0.3 is 5.97 Å². The second-order valence-corrected chi connectivity index (χ2v) is 8.29. The standard InChI is InChI=1S/C20H32N6O6/c1-10(2)15(20(31)32)25-19(30)16(11(3)27)26-18(29)14(7-12-8-21-9-23-12)24-17(28)13-5-4-6-22-13/h8-11,13-16,22,27H,4-7H2,1-3H3,(H,21,23)(H,24,28)(H,25,30)(H,26,29)(H,31,32). The zero-order valence-corrected chi connectivity index (χ0v) is 18.4. The number of imidazole rings is 1. The number of hydrogen-bond donors (Lipinski definition) is 7. The Hall–Kier alpha value is -2.99. The smallest absolute Gasteiger partial charge is 0.326 e. The minimum absolute atomic E-state index is 0.0855. The van der Waals surface area contributed by atoms with Crippen molar-refractivity contribution < 1.29 is 29.4 Å². The number of aliphatic hydroxyl groups excluding tert-OH is 1. The number of aliphatic carboxylic acids is 1. The molecule has 0 spiro atoms. The van der Waals surface area contributed by atoms with E-state index >= 15 is 0 Å². The summed E-state index contributed by atoms with van der Waals surface area (Å²) in [6.45, 7) is 5.27. The van der Waals surface area contributed by atoms with Gasteiger partial charge in [0.05, 0.1) is 18.5 Å². The first-order valence-electron chi connectivity index (χ1n) is 10.6. The van der Waals surface area contributed by atoms with E-state index < -0.39 is 54.0 Å². The summed E-state index contributed by atoms with van der Waals surface area (Å²) in [4.78, 5) is 56.4. The molecule has 5 atom stereocenters. The van der Waals surface area contributed by atoms with Crippen molar-refractivity contribution in [2.75, 3.05) is 6.54 Å². The van der Waals surface area contributed by atoms with Crippen molar-refractivity contribution in [2.24, 2.45) is 5.92 Å². The van der Waals surface area contributed by atoms with Crippen molar-refractivity contribution in [1.82, 2.24) is 31.2 Å². The first-order chi connectivity index (χ1) is 15.1. The maximum absolute atomic E-state index is 13.0. The highest BCUT2D eigenvalue weighted by atomic mass is 16.4. The molecule has 3 amide bonds. The first-order valence-corrected chi connectivity index (χ1v) is 10.6. The Bertz CT molecular complexity index is 791. The Morgan fingerprint density at radius 1 is 1.12 bits per heavy atom. The molecule has 1 aliphatic rings. The quantitative estimate of drug-likeness (QED) is 0.207. The van der Waals surface area contributed by atoms with Gasteiger partial charge < -0.3 is 36.5 Å². The molecule has 7 N–H and O–H groups in total. The zero-order valence-electron chi connectivity index (χ0n) is 18.4. The number of amides is 3. The van der Waals surface area contributed by atoms with Crippen molar-refractivity contribution >= 4 is 23.7 Å². The average Bonchev–Trinajstić information content (AvgIpc) is 3.42. The largest absolute Gasteiger partial charge is 0.480 e. The van der Waals surface area contributed by atoms with Crippen LogP contribution in [0, 0.1) is 5.92 Å². The van der Waals surface area contributed by atoms with Crippen LogP contribution in [0.5, 0.6) is 0 Å². The fourth-order valence-electron chi connectivity index (χ4n) is 3.42. The fourth-order valence-corrected chi connectivity index (χ4v) is 3.42. The van der Waals surface area contributed by atoms with Gasteiger partial charge in [0.15, 0.2) is 0 Å². The Labute approximate surface area is 185 Å². The Morgan fingerprint density at radius 2 is 1.81 bits per heavy atom. The van der Waals surface area contributed by atoms with Crippen molar-refractivity contribution in [1.29, 1.82) is 0 Å². The van der Waals surface area contributed by atoms with E-state index in [9.17, 15) is 29.4 Å². The monoisotopic (exact) mass is 452 g/mol. The molecule has 5 unspecified atom stereocenters. The highest BCUT2D eigenvalue weighted by Gasteiger charge is 2.34. The minimum Gasteiger partial charge on any atom is -0.480 e. The van der Waals surface area contributed by atoms with Crippen LogP contribution in [0.2, 0.25) is 0 Å². The number of carboxylic acid groups (broad SMARTS) is 1. The van der Waals surface area contributed by atoms with E-state index in [4.69, 9.17) is 0 Å². The number of hydrogen-bond acceptors (Lipinski definition) is 7. The molecule has 12 nitrogen and oxygen atoms in total. The summed E-state index contributed by atoms with van der Waals surface area (Å²) in [5.74, 6) is -3.50. The Morgan fingerprint density at radius 3 is 2.31 bits per heavy atom. The number of carboxylic acids is 1. The molecular formula is C20H32N6O6. The van der Waals surface area contributed by atoms with E-state index in [-0.39, 0.29) is 12.3 Å². The maximum Gasteiger partial charge on any atom is 0.326 e. The van der Waals surface area contributed by atoms with Gasteiger partial charge in [-0.05, 0) is 32.2 Å². The summed E-state index contributed by atoms with van der Waals surface area (Å²) in [7, 11) is 0. The van der Waals surface area contributed by atoms with Gasteiger partial charge in [0.25, 0.3) is 0 Å². The van der Waals surface area contributed by atoms with Crippen LogP contribution in [-0.4, -0.2) is 80.7 Å². The molecule has 2 heterocycles. The van der Waals surface area contributed by atoms with Gasteiger partial charge in [-0.2, -0.15) is 0 Å². The van der Waals surface area contributed by atoms with Crippen LogP contribution in [0.15, 0.2) is 12.5 Å². The van der Waals surface area contributed by atoms with E-state index in [1.54, 1.807) is 13.8 Å². The molecule has 0 aromatic carbocycles. The Kier molecular flexibility index (Phi) is 9.14. The highest BCUT2D eigenvalue weighted by molar-refractivity contribution is 5.94. The van der Waals surface area contributed by atoms with Crippen molar-refractivity contribution in [3.63, 3.8) is 0 Å². The van der Waals surface area contributed by atoms with Crippen LogP contribution in [0.4, 0.5) is 0 Å². The molecular weight excluding hydrogens is 420 g/mol. The number of nitrogens with one attached hydrogen (secondary N) is 5. The summed E-state index contributed by atoms with van der Waals surface area (Å²) < 4.78 is 0. The molecule has 0 aliphatic carbocycles. The number of nitrogens with zero attached hydrogens (tertiary/aromatic N) is 1. The normalized spacial score (nSPS) is 19.6. The summed E-state index contributed by atoms with van der Waals surface area (Å²) in [6.07, 6.45) is 3.23. The van der Waals surface area contributed by atoms with Crippen LogP contribution < -0.4 is 21.3 Å². The van der Waals surface area contributed by atoms with Gasteiger partial charge in [0.2, 0.25) is 17.7 Å². The van der Waals surface area contributed by atoms with Crippen LogP contribution in [0.1, 0.15) is 39.3 Å². The van der Waals surface area contributed by atoms with Crippen molar-refractivity contribution in [2.45, 2.75) is 70.3 Å². The molecule has 1 fully saturated rings. The summed E-state index contributed by atoms with van der Waals surface area (Å²) in [6, 6.07) is -4.05. The third-order valence-corrected chi connectivity index (χ3v) is 5.28. The predicted molar refractivity (Wildman–Crippen MR) is 113 cm³/mol. The summed E-state index contributed by atoms with van der Waals surface area (Å²) in [5, 5.41) is 29.9. The molecule has 2 rings (SSSR count). The second kappa shape index (κ2) is 11.6. The van der Waals surface area contributed by atoms with E-state index in [1.807, 2.05) is 0 Å². The zero-order chi connectivity index (χ0) is 23.8. The number of H-pyrrole nitrogens is 1. The highest BCUT2D eigenvalue weighted by Crippen LogP contribution is 2.08. The number of aromatic nitrogens is 2. The number of carbonyl (C=O) groups is 4. The van der Waals surface area contributed by atoms with E-state index in [2.05, 4.69) is 31.2 Å². The molecule has 1 aliphatic heterocycles. The van der Waals surface area contributed by atoms with Crippen LogP contribution in [0.3, 0.4) is 0 Å². The molecule has 32 heavy (non-hydrogen) atoms. The van der Waals surface area contributed by atoms with E-state index in [0.717, 1.165) is 6.42 Å². The lowest BCUT2D eigenvalue weighted by molar-refractivity contribution is -0.144. The SMILES string of the molecule is CC(C)C(NC(=O)C(NC(=O)C(Cc1cnc[nH]1)NC(=O)C1CCCN1)C(C)O)C(=O)O. The third kappa shape index (κ3) is 7.02. The van der Waals surface area contributed by atoms with Crippen molar-refractivity contribution in [3.8, 4) is 0 Å². The molecule has 0 saturated carbocycles. The number of aliphatic hydroxyl groups is 1. The number of carbonyl (C=O) groups excluding carboxylic acids is 3. The van der Waals surface area contributed by atoms with Crippen LogP contribution in [-0.2, 0) is 25.6 Å². The van der Waals surface area contributed by atoms with Gasteiger partial charge in [-0.15, -0.1) is 0 Å². The van der Waals surface area contributed by atoms with Crippen LogP contribution >= 0.6 is 0 Å².